The number of anilines is 2. The summed E-state index contributed by atoms with van der Waals surface area (Å²) in [5, 5.41) is 13.3. The molecule has 2 aromatic rings. The number of alkyl halides is 1. The molecule has 0 saturated carbocycles. The molecule has 1 fully saturated rings. The first kappa shape index (κ1) is 28.7. The molecule has 35 heavy (non-hydrogen) atoms. The zero-order chi connectivity index (χ0) is 25.6. The summed E-state index contributed by atoms with van der Waals surface area (Å²) in [5.74, 6) is 1.90. The van der Waals surface area contributed by atoms with Crippen LogP contribution in [-0.2, 0) is 4.74 Å². The molecule has 2 N–H and O–H groups in total. The van der Waals surface area contributed by atoms with Crippen LogP contribution in [0.2, 0.25) is 0 Å². The van der Waals surface area contributed by atoms with E-state index in [1.54, 1.807) is 12.2 Å². The van der Waals surface area contributed by atoms with Crippen molar-refractivity contribution in [2.45, 2.75) is 39.3 Å². The number of allylic oxidation sites excluding steroid dienone is 1. The van der Waals surface area contributed by atoms with Gasteiger partial charge in [-0.1, -0.05) is 71.8 Å². The van der Waals surface area contributed by atoms with Gasteiger partial charge in [0.15, 0.2) is 11.6 Å². The fraction of sp³-hybridized carbons (Fsp3) is 0.407. The third-order valence-electron chi connectivity index (χ3n) is 5.20. The lowest BCUT2D eigenvalue weighted by atomic mass is 10.1. The van der Waals surface area contributed by atoms with Crippen LogP contribution < -0.4 is 15.3 Å². The van der Waals surface area contributed by atoms with E-state index in [1.807, 2.05) is 31.1 Å². The maximum atomic E-state index is 10.5. The van der Waals surface area contributed by atoms with Gasteiger partial charge >= 0.3 is 0 Å². The average Bonchev–Trinajstić information content (AvgIpc) is 3.41. The molecule has 0 bridgehead atoms. The van der Waals surface area contributed by atoms with E-state index < -0.39 is 6.10 Å². The lowest BCUT2D eigenvalue weighted by molar-refractivity contribution is 0.122. The third kappa shape index (κ3) is 8.58. The number of hydrogen-bond donors (Lipinski definition) is 2. The van der Waals surface area contributed by atoms with E-state index in [1.165, 1.54) is 11.1 Å². The number of aryl methyl sites for hydroxylation is 1. The van der Waals surface area contributed by atoms with Crippen molar-refractivity contribution in [1.29, 1.82) is 0 Å². The first-order valence-corrected chi connectivity index (χ1v) is 13.2. The summed E-state index contributed by atoms with van der Waals surface area (Å²) >= 11 is 3.13. The second kappa shape index (κ2) is 15.5. The van der Waals surface area contributed by atoms with Crippen LogP contribution in [0.15, 0.2) is 67.9 Å². The SMILES string of the molecule is C=CCBr.C=CCC(O)c1nc(N2CCOCC2)cc(N2C=CC(c3cccc(C)c3)N2)n1.CC. The third-order valence-corrected chi connectivity index (χ3v) is 5.66. The van der Waals surface area contributed by atoms with Gasteiger partial charge < -0.3 is 14.7 Å². The van der Waals surface area contributed by atoms with Crippen molar-refractivity contribution in [3.63, 3.8) is 0 Å². The van der Waals surface area contributed by atoms with Crippen LogP contribution >= 0.6 is 15.9 Å². The highest BCUT2D eigenvalue weighted by atomic mass is 79.9. The summed E-state index contributed by atoms with van der Waals surface area (Å²) < 4.78 is 5.46. The minimum Gasteiger partial charge on any atom is -0.385 e. The first-order chi connectivity index (χ1) is 17.0. The number of aliphatic hydroxyl groups excluding tert-OH is 1. The fourth-order valence-corrected chi connectivity index (χ4v) is 3.53. The number of benzene rings is 1. The van der Waals surface area contributed by atoms with E-state index in [2.05, 4.69) is 86.6 Å². The van der Waals surface area contributed by atoms with Gasteiger partial charge in [-0.2, -0.15) is 0 Å². The summed E-state index contributed by atoms with van der Waals surface area (Å²) in [6.07, 6.45) is 7.16. The molecule has 0 aliphatic carbocycles. The van der Waals surface area contributed by atoms with Crippen molar-refractivity contribution < 1.29 is 9.84 Å². The topological polar surface area (TPSA) is 73.8 Å². The molecule has 1 saturated heterocycles. The van der Waals surface area contributed by atoms with Crippen molar-refractivity contribution in [2.24, 2.45) is 0 Å². The molecular weight excluding hydrogens is 506 g/mol. The molecule has 0 spiro atoms. The van der Waals surface area contributed by atoms with E-state index in [0.29, 0.717) is 31.3 Å². The largest absolute Gasteiger partial charge is 0.385 e. The predicted molar refractivity (Wildman–Crippen MR) is 149 cm³/mol. The van der Waals surface area contributed by atoms with Crippen LogP contribution in [0.25, 0.3) is 0 Å². The van der Waals surface area contributed by atoms with E-state index >= 15 is 0 Å². The van der Waals surface area contributed by atoms with Gasteiger partial charge in [0.2, 0.25) is 0 Å². The van der Waals surface area contributed by atoms with E-state index in [0.717, 1.165) is 24.2 Å². The van der Waals surface area contributed by atoms with Crippen molar-refractivity contribution >= 4 is 27.6 Å². The monoisotopic (exact) mass is 543 g/mol. The molecule has 1 aromatic heterocycles. The Bertz CT molecular complexity index is 962. The highest BCUT2D eigenvalue weighted by Gasteiger charge is 2.23. The maximum Gasteiger partial charge on any atom is 0.161 e. The molecule has 7 nitrogen and oxygen atoms in total. The lowest BCUT2D eigenvalue weighted by Gasteiger charge is -2.29. The minimum atomic E-state index is -0.786. The van der Waals surface area contributed by atoms with E-state index in [9.17, 15) is 5.11 Å². The second-order valence-electron chi connectivity index (χ2n) is 7.76. The van der Waals surface area contributed by atoms with Gasteiger partial charge in [-0.05, 0) is 25.0 Å². The van der Waals surface area contributed by atoms with Gasteiger partial charge in [-0.3, -0.25) is 5.01 Å². The maximum absolute atomic E-state index is 10.5. The van der Waals surface area contributed by atoms with Crippen LogP contribution in [-0.4, -0.2) is 46.7 Å². The number of aliphatic hydroxyl groups is 1. The number of nitrogens with zero attached hydrogens (tertiary/aromatic N) is 4. The Balaban J connectivity index is 0.000000655. The van der Waals surface area contributed by atoms with Crippen molar-refractivity contribution in [3.05, 3.63) is 84.9 Å². The number of morpholine rings is 1. The fourth-order valence-electron chi connectivity index (χ4n) is 3.53. The number of nitrogens with one attached hydrogen (secondary N) is 1. The second-order valence-corrected chi connectivity index (χ2v) is 8.41. The summed E-state index contributed by atoms with van der Waals surface area (Å²) in [7, 11) is 0. The van der Waals surface area contributed by atoms with Gasteiger partial charge in [-0.15, -0.1) is 13.2 Å². The van der Waals surface area contributed by atoms with Gasteiger partial charge in [0, 0.05) is 30.7 Å². The molecule has 1 aromatic carbocycles. The van der Waals surface area contributed by atoms with Crippen LogP contribution in [0.4, 0.5) is 11.6 Å². The summed E-state index contributed by atoms with van der Waals surface area (Å²) in [6, 6.07) is 10.4. The molecule has 2 atom stereocenters. The zero-order valence-corrected chi connectivity index (χ0v) is 22.6. The lowest BCUT2D eigenvalue weighted by Crippen LogP contribution is -2.37. The molecule has 4 rings (SSSR count). The number of aromatic nitrogens is 2. The average molecular weight is 545 g/mol. The molecular formula is C27H38BrN5O2. The quantitative estimate of drug-likeness (QED) is 0.357. The van der Waals surface area contributed by atoms with Gasteiger partial charge in [0.25, 0.3) is 0 Å². The predicted octanol–water partition coefficient (Wildman–Crippen LogP) is 5.40. The normalized spacial score (nSPS) is 17.6. The zero-order valence-electron chi connectivity index (χ0n) is 21.0. The molecule has 0 radical (unpaired) electrons. The number of ether oxygens (including phenoxy) is 1. The van der Waals surface area contributed by atoms with Crippen molar-refractivity contribution in [2.75, 3.05) is 41.5 Å². The number of rotatable bonds is 7. The number of halogens is 1. The molecule has 2 unspecified atom stereocenters. The Morgan fingerprint density at radius 2 is 1.86 bits per heavy atom. The molecule has 190 valence electrons. The summed E-state index contributed by atoms with van der Waals surface area (Å²) in [6.45, 7) is 16.1. The van der Waals surface area contributed by atoms with Crippen LogP contribution in [0.5, 0.6) is 0 Å². The van der Waals surface area contributed by atoms with Gasteiger partial charge in [0.1, 0.15) is 11.9 Å². The van der Waals surface area contributed by atoms with Crippen LogP contribution in [0.1, 0.15) is 49.4 Å². The van der Waals surface area contributed by atoms with E-state index in [-0.39, 0.29) is 6.04 Å². The highest BCUT2D eigenvalue weighted by molar-refractivity contribution is 9.09. The summed E-state index contributed by atoms with van der Waals surface area (Å²) in [5.41, 5.74) is 5.88. The molecule has 2 aliphatic heterocycles. The van der Waals surface area contributed by atoms with Crippen molar-refractivity contribution in [3.8, 4) is 0 Å². The Morgan fingerprint density at radius 1 is 1.17 bits per heavy atom. The Kier molecular flexibility index (Phi) is 12.7. The number of hydrazine groups is 1. The summed E-state index contributed by atoms with van der Waals surface area (Å²) in [4.78, 5) is 11.4. The van der Waals surface area contributed by atoms with E-state index in [4.69, 9.17) is 4.74 Å². The Morgan fingerprint density at radius 3 is 2.49 bits per heavy atom. The van der Waals surface area contributed by atoms with Crippen LogP contribution in [0.3, 0.4) is 0 Å². The molecule has 3 heterocycles. The van der Waals surface area contributed by atoms with Crippen LogP contribution in [0, 0.1) is 6.92 Å². The first-order valence-electron chi connectivity index (χ1n) is 12.0. The highest BCUT2D eigenvalue weighted by Crippen LogP contribution is 2.28. The number of hydrogen-bond acceptors (Lipinski definition) is 7. The smallest absolute Gasteiger partial charge is 0.161 e. The minimum absolute atomic E-state index is 0.0678. The van der Waals surface area contributed by atoms with Crippen molar-refractivity contribution in [1.82, 2.24) is 15.4 Å². The molecule has 2 aliphatic rings. The molecule has 8 heteroatoms. The standard InChI is InChI=1S/C22H27N5O2.C3H5Br.C2H6/c1-3-5-19(28)22-23-20(26-10-12-29-13-11-26)15-21(24-22)27-9-8-18(25-27)17-7-4-6-16(2)14-17;1-2-3-4;1-2/h3-4,6-9,14-15,18-19,25,28H,1,5,10-13H2,2H3;2H,1,3H2;1-2H3. The van der Waals surface area contributed by atoms with Gasteiger partial charge in [0.05, 0.1) is 19.3 Å². The Labute approximate surface area is 218 Å². The Hall–Kier alpha value is -2.52. The molecule has 0 amide bonds. The van der Waals surface area contributed by atoms with Gasteiger partial charge in [-0.25, -0.2) is 15.4 Å².